The van der Waals surface area contributed by atoms with E-state index in [2.05, 4.69) is 45.8 Å². The fourth-order valence-corrected chi connectivity index (χ4v) is 2.96. The van der Waals surface area contributed by atoms with Gasteiger partial charge in [-0.2, -0.15) is 5.10 Å². The number of anilines is 1. The Morgan fingerprint density at radius 2 is 1.96 bits per heavy atom. The van der Waals surface area contributed by atoms with Gasteiger partial charge in [-0.05, 0) is 22.0 Å². The van der Waals surface area contributed by atoms with Crippen LogP contribution in [0.1, 0.15) is 5.69 Å². The first-order valence-corrected chi connectivity index (χ1v) is 8.17. The van der Waals surface area contributed by atoms with Gasteiger partial charge in [-0.3, -0.25) is 4.68 Å². The van der Waals surface area contributed by atoms with E-state index in [4.69, 9.17) is 5.73 Å². The summed E-state index contributed by atoms with van der Waals surface area (Å²) in [5.41, 5.74) is 6.99. The van der Waals surface area contributed by atoms with Crippen molar-refractivity contribution in [3.8, 4) is 0 Å². The highest BCUT2D eigenvalue weighted by Gasteiger charge is 2.20. The van der Waals surface area contributed by atoms with Crippen LogP contribution in [0.3, 0.4) is 0 Å². The van der Waals surface area contributed by atoms with Gasteiger partial charge in [-0.25, -0.2) is 15.0 Å². The molecule has 8 nitrogen and oxygen atoms in total. The molecule has 0 saturated carbocycles. The highest BCUT2D eigenvalue weighted by molar-refractivity contribution is 9.10. The summed E-state index contributed by atoms with van der Waals surface area (Å²) in [4.78, 5) is 17.2. The van der Waals surface area contributed by atoms with Crippen LogP contribution in [0.2, 0.25) is 0 Å². The maximum absolute atomic E-state index is 6.11. The second-order valence-corrected chi connectivity index (χ2v) is 6.15. The van der Waals surface area contributed by atoms with Gasteiger partial charge in [0.25, 0.3) is 0 Å². The zero-order valence-electron chi connectivity index (χ0n) is 12.9. The average Bonchev–Trinajstić information content (AvgIpc) is 2.91. The molecule has 9 heteroatoms. The van der Waals surface area contributed by atoms with Crippen LogP contribution in [-0.4, -0.2) is 56.8 Å². The molecule has 0 radical (unpaired) electrons. The average molecular weight is 379 g/mol. The summed E-state index contributed by atoms with van der Waals surface area (Å²) in [6, 6.07) is 1.82. The summed E-state index contributed by atoms with van der Waals surface area (Å²) >= 11 is 3.47. The molecular formula is C14H19BrN8. The van der Waals surface area contributed by atoms with E-state index in [1.807, 2.05) is 19.3 Å². The van der Waals surface area contributed by atoms with Crippen LogP contribution in [0.15, 0.2) is 34.1 Å². The van der Waals surface area contributed by atoms with Gasteiger partial charge in [0.05, 0.1) is 16.7 Å². The van der Waals surface area contributed by atoms with Crippen molar-refractivity contribution in [1.29, 1.82) is 0 Å². The lowest BCUT2D eigenvalue weighted by molar-refractivity contribution is 0.378. The van der Waals surface area contributed by atoms with E-state index in [0.29, 0.717) is 12.5 Å². The topological polar surface area (TPSA) is 88.5 Å². The lowest BCUT2D eigenvalue weighted by atomic mass is 10.3. The third-order valence-corrected chi connectivity index (χ3v) is 4.35. The third-order valence-electron chi connectivity index (χ3n) is 3.68. The molecule has 0 atom stereocenters. The van der Waals surface area contributed by atoms with Gasteiger partial charge in [-0.15, -0.1) is 0 Å². The summed E-state index contributed by atoms with van der Waals surface area (Å²) < 4.78 is 2.70. The van der Waals surface area contributed by atoms with Crippen molar-refractivity contribution in [3.63, 3.8) is 0 Å². The minimum Gasteiger partial charge on any atom is -0.370 e. The Hall–Kier alpha value is -2.16. The molecule has 1 saturated heterocycles. The smallest absolute Gasteiger partial charge is 0.225 e. The standard InChI is InChI=1S/C14H19BrN8/c1-21-10-11(15)12(20-21)9-19-13(16)22-5-7-23(8-6-22)14-17-3-2-4-18-14/h2-4,10H,5-9H2,1H3,(H2,16,19). The molecule has 3 rings (SSSR count). The normalized spacial score (nSPS) is 16.0. The summed E-state index contributed by atoms with van der Waals surface area (Å²) in [7, 11) is 1.88. The first-order valence-electron chi connectivity index (χ1n) is 7.38. The van der Waals surface area contributed by atoms with Gasteiger partial charge in [0.15, 0.2) is 5.96 Å². The van der Waals surface area contributed by atoms with E-state index in [0.717, 1.165) is 42.3 Å². The fraction of sp³-hybridized carbons (Fsp3) is 0.429. The Morgan fingerprint density at radius 3 is 2.57 bits per heavy atom. The number of guanidine groups is 1. The number of hydrogen-bond acceptors (Lipinski definition) is 5. The Labute approximate surface area is 143 Å². The Kier molecular flexibility index (Phi) is 4.75. The number of rotatable bonds is 3. The van der Waals surface area contributed by atoms with Crippen molar-refractivity contribution in [2.24, 2.45) is 17.8 Å². The molecule has 0 aliphatic carbocycles. The molecule has 1 aliphatic rings. The van der Waals surface area contributed by atoms with Crippen LogP contribution in [0.25, 0.3) is 0 Å². The molecular weight excluding hydrogens is 360 g/mol. The van der Waals surface area contributed by atoms with Crippen molar-refractivity contribution in [2.75, 3.05) is 31.1 Å². The lowest BCUT2D eigenvalue weighted by Gasteiger charge is -2.35. The van der Waals surface area contributed by atoms with Crippen LogP contribution in [-0.2, 0) is 13.6 Å². The van der Waals surface area contributed by atoms with Crippen LogP contribution in [0.4, 0.5) is 5.95 Å². The Balaban J connectivity index is 1.56. The monoisotopic (exact) mass is 378 g/mol. The molecule has 3 heterocycles. The molecule has 0 amide bonds. The van der Waals surface area contributed by atoms with Gasteiger partial charge >= 0.3 is 0 Å². The number of aliphatic imine (C=N–C) groups is 1. The predicted molar refractivity (Wildman–Crippen MR) is 92.1 cm³/mol. The highest BCUT2D eigenvalue weighted by atomic mass is 79.9. The van der Waals surface area contributed by atoms with Crippen molar-refractivity contribution in [2.45, 2.75) is 6.54 Å². The molecule has 0 bridgehead atoms. The zero-order chi connectivity index (χ0) is 16.2. The van der Waals surface area contributed by atoms with Gasteiger partial charge in [-0.1, -0.05) is 0 Å². The predicted octanol–water partition coefficient (Wildman–Crippen LogP) is 0.609. The van der Waals surface area contributed by atoms with Gasteiger partial charge in [0, 0.05) is 51.8 Å². The lowest BCUT2D eigenvalue weighted by Crippen LogP contribution is -2.51. The number of nitrogens with zero attached hydrogens (tertiary/aromatic N) is 7. The summed E-state index contributed by atoms with van der Waals surface area (Å²) in [5.74, 6) is 1.32. The van der Waals surface area contributed by atoms with E-state index >= 15 is 0 Å². The first-order chi connectivity index (χ1) is 11.1. The quantitative estimate of drug-likeness (QED) is 0.621. The Bertz CT molecular complexity index is 675. The number of aryl methyl sites for hydroxylation is 1. The Morgan fingerprint density at radius 1 is 1.26 bits per heavy atom. The van der Waals surface area contributed by atoms with E-state index in [1.165, 1.54) is 0 Å². The van der Waals surface area contributed by atoms with Crippen molar-refractivity contribution >= 4 is 27.8 Å². The van der Waals surface area contributed by atoms with E-state index in [1.54, 1.807) is 17.1 Å². The largest absolute Gasteiger partial charge is 0.370 e. The summed E-state index contributed by atoms with van der Waals surface area (Å²) in [6.07, 6.45) is 5.42. The molecule has 0 spiro atoms. The number of aromatic nitrogens is 4. The second-order valence-electron chi connectivity index (χ2n) is 5.29. The van der Waals surface area contributed by atoms with E-state index < -0.39 is 0 Å². The maximum Gasteiger partial charge on any atom is 0.225 e. The van der Waals surface area contributed by atoms with Crippen LogP contribution in [0, 0.1) is 0 Å². The number of hydrogen-bond donors (Lipinski definition) is 1. The number of piperazine rings is 1. The SMILES string of the molecule is Cn1cc(Br)c(CN=C(N)N2CCN(c3ncccn3)CC2)n1. The minimum atomic E-state index is 0.468. The first kappa shape index (κ1) is 15.7. The molecule has 1 aliphatic heterocycles. The van der Waals surface area contributed by atoms with Crippen molar-refractivity contribution in [3.05, 3.63) is 34.8 Å². The van der Waals surface area contributed by atoms with Crippen LogP contribution in [0.5, 0.6) is 0 Å². The molecule has 0 unspecified atom stereocenters. The minimum absolute atomic E-state index is 0.468. The number of halogens is 1. The molecule has 23 heavy (non-hydrogen) atoms. The zero-order valence-corrected chi connectivity index (χ0v) is 14.5. The second kappa shape index (κ2) is 6.95. The molecule has 1 fully saturated rings. The maximum atomic E-state index is 6.11. The molecule has 2 N–H and O–H groups in total. The highest BCUT2D eigenvalue weighted by Crippen LogP contribution is 2.15. The van der Waals surface area contributed by atoms with E-state index in [9.17, 15) is 0 Å². The van der Waals surface area contributed by atoms with Gasteiger partial charge < -0.3 is 15.5 Å². The summed E-state index contributed by atoms with van der Waals surface area (Å²) in [6.45, 7) is 3.73. The van der Waals surface area contributed by atoms with Crippen LogP contribution >= 0.6 is 15.9 Å². The molecule has 2 aromatic heterocycles. The van der Waals surface area contributed by atoms with E-state index in [-0.39, 0.29) is 0 Å². The molecule has 0 aromatic carbocycles. The van der Waals surface area contributed by atoms with Crippen molar-refractivity contribution in [1.82, 2.24) is 24.6 Å². The van der Waals surface area contributed by atoms with Crippen molar-refractivity contribution < 1.29 is 0 Å². The molecule has 122 valence electrons. The fourth-order valence-electron chi connectivity index (χ4n) is 2.46. The van der Waals surface area contributed by atoms with Gasteiger partial charge in [0.1, 0.15) is 0 Å². The molecule has 2 aromatic rings. The third kappa shape index (κ3) is 3.79. The number of nitrogens with two attached hydrogens (primary N) is 1. The van der Waals surface area contributed by atoms with Crippen LogP contribution < -0.4 is 10.6 Å². The van der Waals surface area contributed by atoms with Gasteiger partial charge in [0.2, 0.25) is 5.95 Å². The summed E-state index contributed by atoms with van der Waals surface area (Å²) in [5, 5.41) is 4.34.